The van der Waals surface area contributed by atoms with Gasteiger partial charge in [-0.2, -0.15) is 0 Å². The number of fused-ring (bicyclic) bond motifs is 1. The summed E-state index contributed by atoms with van der Waals surface area (Å²) in [5, 5.41) is 0.987. The summed E-state index contributed by atoms with van der Waals surface area (Å²) in [6.45, 7) is 6.39. The molecule has 0 fully saturated rings. The second-order valence-electron chi connectivity index (χ2n) is 6.51. The standard InChI is InChI=1S/C21H22N2O2/c1-14-9-18-11-19(21(25)22-20(18)10-15(14)2)13-23(16(3)24)12-17-7-5-4-6-8-17/h4-11H,12-13H2,1-3H3,(H,22,25). The molecule has 0 unspecified atom stereocenters. The zero-order chi connectivity index (χ0) is 18.0. The molecular weight excluding hydrogens is 312 g/mol. The van der Waals surface area contributed by atoms with Crippen molar-refractivity contribution < 1.29 is 4.79 Å². The molecule has 1 N–H and O–H groups in total. The lowest BCUT2D eigenvalue weighted by Crippen LogP contribution is -2.30. The summed E-state index contributed by atoms with van der Waals surface area (Å²) in [5.41, 5.74) is 4.65. The van der Waals surface area contributed by atoms with Crippen LogP contribution in [-0.2, 0) is 17.9 Å². The average molecular weight is 334 g/mol. The topological polar surface area (TPSA) is 53.2 Å². The van der Waals surface area contributed by atoms with E-state index in [1.807, 2.05) is 49.4 Å². The van der Waals surface area contributed by atoms with Gasteiger partial charge in [0.05, 0.1) is 6.54 Å². The minimum Gasteiger partial charge on any atom is -0.334 e. The summed E-state index contributed by atoms with van der Waals surface area (Å²) in [6, 6.07) is 15.7. The Kier molecular flexibility index (Phi) is 4.70. The van der Waals surface area contributed by atoms with Crippen molar-refractivity contribution in [3.63, 3.8) is 0 Å². The monoisotopic (exact) mass is 334 g/mol. The third-order valence-corrected chi connectivity index (χ3v) is 4.56. The van der Waals surface area contributed by atoms with Gasteiger partial charge < -0.3 is 9.88 Å². The maximum atomic E-state index is 12.4. The molecule has 4 nitrogen and oxygen atoms in total. The number of carbonyl (C=O) groups excluding carboxylic acids is 1. The molecule has 0 aliphatic heterocycles. The number of benzene rings is 2. The molecule has 25 heavy (non-hydrogen) atoms. The van der Waals surface area contributed by atoms with E-state index in [-0.39, 0.29) is 11.5 Å². The van der Waals surface area contributed by atoms with Crippen molar-refractivity contribution >= 4 is 16.8 Å². The highest BCUT2D eigenvalue weighted by Gasteiger charge is 2.13. The molecule has 0 aliphatic carbocycles. The van der Waals surface area contributed by atoms with Crippen molar-refractivity contribution in [1.29, 1.82) is 0 Å². The number of H-pyrrole nitrogens is 1. The highest BCUT2D eigenvalue weighted by molar-refractivity contribution is 5.81. The lowest BCUT2D eigenvalue weighted by Gasteiger charge is -2.21. The Morgan fingerprint density at radius 2 is 1.68 bits per heavy atom. The van der Waals surface area contributed by atoms with Crippen molar-refractivity contribution in [2.75, 3.05) is 0 Å². The quantitative estimate of drug-likeness (QED) is 0.791. The van der Waals surface area contributed by atoms with E-state index >= 15 is 0 Å². The van der Waals surface area contributed by atoms with Gasteiger partial charge in [-0.1, -0.05) is 30.3 Å². The second kappa shape index (κ2) is 6.93. The fraction of sp³-hybridized carbons (Fsp3) is 0.238. The van der Waals surface area contributed by atoms with Crippen LogP contribution in [0.1, 0.15) is 29.2 Å². The van der Waals surface area contributed by atoms with Gasteiger partial charge in [0, 0.05) is 24.5 Å². The first-order valence-electron chi connectivity index (χ1n) is 8.36. The van der Waals surface area contributed by atoms with E-state index in [1.54, 1.807) is 4.90 Å². The fourth-order valence-electron chi connectivity index (χ4n) is 2.93. The Labute approximate surface area is 147 Å². The first-order chi connectivity index (χ1) is 11.9. The molecule has 0 saturated carbocycles. The van der Waals surface area contributed by atoms with Gasteiger partial charge in [-0.3, -0.25) is 9.59 Å². The Bertz CT molecular complexity index is 974. The van der Waals surface area contributed by atoms with Crippen LogP contribution in [0.25, 0.3) is 10.9 Å². The molecule has 0 atom stereocenters. The van der Waals surface area contributed by atoms with Crippen LogP contribution < -0.4 is 5.56 Å². The van der Waals surface area contributed by atoms with Crippen LogP contribution in [0, 0.1) is 13.8 Å². The number of aryl methyl sites for hydroxylation is 2. The molecule has 2 aromatic carbocycles. The third-order valence-electron chi connectivity index (χ3n) is 4.56. The molecule has 1 amide bonds. The van der Waals surface area contributed by atoms with Crippen LogP contribution in [0.5, 0.6) is 0 Å². The summed E-state index contributed by atoms with van der Waals surface area (Å²) in [4.78, 5) is 29.1. The van der Waals surface area contributed by atoms with Gasteiger partial charge in [0.15, 0.2) is 0 Å². The normalized spacial score (nSPS) is 10.8. The van der Waals surface area contributed by atoms with E-state index in [0.717, 1.165) is 22.0 Å². The van der Waals surface area contributed by atoms with Gasteiger partial charge in [-0.05, 0) is 54.1 Å². The molecule has 3 aromatic rings. The second-order valence-corrected chi connectivity index (χ2v) is 6.51. The van der Waals surface area contributed by atoms with Gasteiger partial charge in [0.25, 0.3) is 5.56 Å². The van der Waals surface area contributed by atoms with Gasteiger partial charge in [0.2, 0.25) is 5.91 Å². The lowest BCUT2D eigenvalue weighted by molar-refractivity contribution is -0.130. The number of aromatic nitrogens is 1. The number of amides is 1. The molecule has 0 bridgehead atoms. The lowest BCUT2D eigenvalue weighted by atomic mass is 10.0. The van der Waals surface area contributed by atoms with Crippen LogP contribution in [0.3, 0.4) is 0 Å². The minimum atomic E-state index is -0.143. The third kappa shape index (κ3) is 3.79. The van der Waals surface area contributed by atoms with E-state index in [1.165, 1.54) is 12.5 Å². The van der Waals surface area contributed by atoms with E-state index in [2.05, 4.69) is 18.0 Å². The Morgan fingerprint density at radius 1 is 1.00 bits per heavy atom. The molecule has 4 heteroatoms. The molecule has 128 valence electrons. The van der Waals surface area contributed by atoms with E-state index in [0.29, 0.717) is 18.7 Å². The molecule has 0 spiro atoms. The van der Waals surface area contributed by atoms with Crippen LogP contribution >= 0.6 is 0 Å². The van der Waals surface area contributed by atoms with E-state index in [4.69, 9.17) is 0 Å². The van der Waals surface area contributed by atoms with Crippen LogP contribution in [0.2, 0.25) is 0 Å². The number of aromatic amines is 1. The smallest absolute Gasteiger partial charge is 0.253 e. The summed E-state index contributed by atoms with van der Waals surface area (Å²) < 4.78 is 0. The number of hydrogen-bond donors (Lipinski definition) is 1. The molecule has 1 aromatic heterocycles. The SMILES string of the molecule is CC(=O)N(Cc1ccccc1)Cc1cc2cc(C)c(C)cc2[nH]c1=O. The largest absolute Gasteiger partial charge is 0.334 e. The molecule has 0 saturated heterocycles. The van der Waals surface area contributed by atoms with Crippen molar-refractivity contribution in [3.8, 4) is 0 Å². The van der Waals surface area contributed by atoms with Gasteiger partial charge in [-0.25, -0.2) is 0 Å². The summed E-state index contributed by atoms with van der Waals surface area (Å²) in [5.74, 6) is -0.0524. The summed E-state index contributed by atoms with van der Waals surface area (Å²) in [6.07, 6.45) is 0. The highest BCUT2D eigenvalue weighted by atomic mass is 16.2. The number of nitrogens with one attached hydrogen (secondary N) is 1. The van der Waals surface area contributed by atoms with Crippen molar-refractivity contribution in [3.05, 3.63) is 81.1 Å². The van der Waals surface area contributed by atoms with Crippen molar-refractivity contribution in [2.45, 2.75) is 33.9 Å². The van der Waals surface area contributed by atoms with Crippen LogP contribution in [0.15, 0.2) is 53.3 Å². The number of nitrogens with zero attached hydrogens (tertiary/aromatic N) is 1. The van der Waals surface area contributed by atoms with Gasteiger partial charge in [-0.15, -0.1) is 0 Å². The number of hydrogen-bond acceptors (Lipinski definition) is 2. The molecule has 0 radical (unpaired) electrons. The number of pyridine rings is 1. The highest BCUT2D eigenvalue weighted by Crippen LogP contribution is 2.18. The zero-order valence-corrected chi connectivity index (χ0v) is 14.8. The average Bonchev–Trinajstić information content (AvgIpc) is 2.57. The van der Waals surface area contributed by atoms with E-state index in [9.17, 15) is 9.59 Å². The van der Waals surface area contributed by atoms with Gasteiger partial charge >= 0.3 is 0 Å². The predicted octanol–water partition coefficient (Wildman–Crippen LogP) is 3.69. The zero-order valence-electron chi connectivity index (χ0n) is 14.8. The number of carbonyl (C=O) groups is 1. The van der Waals surface area contributed by atoms with Crippen molar-refractivity contribution in [2.24, 2.45) is 0 Å². The summed E-state index contributed by atoms with van der Waals surface area (Å²) in [7, 11) is 0. The maximum Gasteiger partial charge on any atom is 0.253 e. The summed E-state index contributed by atoms with van der Waals surface area (Å²) >= 11 is 0. The first kappa shape index (κ1) is 17.0. The predicted molar refractivity (Wildman–Crippen MR) is 100 cm³/mol. The Morgan fingerprint density at radius 3 is 2.36 bits per heavy atom. The van der Waals surface area contributed by atoms with Crippen LogP contribution in [0.4, 0.5) is 0 Å². The van der Waals surface area contributed by atoms with Gasteiger partial charge in [0.1, 0.15) is 0 Å². The number of rotatable bonds is 4. The molecule has 0 aliphatic rings. The Balaban J connectivity index is 1.94. The fourth-order valence-corrected chi connectivity index (χ4v) is 2.93. The molecule has 1 heterocycles. The molecular formula is C21H22N2O2. The van der Waals surface area contributed by atoms with E-state index < -0.39 is 0 Å². The first-order valence-corrected chi connectivity index (χ1v) is 8.36. The maximum absolute atomic E-state index is 12.4. The Hall–Kier alpha value is -2.88. The molecule has 3 rings (SSSR count). The van der Waals surface area contributed by atoms with Crippen LogP contribution in [-0.4, -0.2) is 15.8 Å². The minimum absolute atomic E-state index is 0.0524. The van der Waals surface area contributed by atoms with Crippen molar-refractivity contribution in [1.82, 2.24) is 9.88 Å².